The standard InChI is InChI=1S/C13H24N2O3/c1-14-9-12-8-13(18-11-12)10-15(4-6-16-2)5-7-17-3/h8,11,14H,4-7,9-10H2,1-3H3. The molecule has 1 rings (SSSR count). The minimum absolute atomic E-state index is 0.716. The molecule has 1 aromatic rings. The molecule has 0 saturated carbocycles. The predicted molar refractivity (Wildman–Crippen MR) is 70.5 cm³/mol. The number of nitrogens with zero attached hydrogens (tertiary/aromatic N) is 1. The highest BCUT2D eigenvalue weighted by Crippen LogP contribution is 2.10. The summed E-state index contributed by atoms with van der Waals surface area (Å²) < 4.78 is 15.8. The van der Waals surface area contributed by atoms with E-state index in [0.717, 1.165) is 31.9 Å². The summed E-state index contributed by atoms with van der Waals surface area (Å²) in [5.41, 5.74) is 1.17. The van der Waals surface area contributed by atoms with E-state index in [-0.39, 0.29) is 0 Å². The SMILES string of the molecule is CNCc1coc(CN(CCOC)CCOC)c1. The van der Waals surface area contributed by atoms with Gasteiger partial charge in [-0.15, -0.1) is 0 Å². The number of hydrogen-bond donors (Lipinski definition) is 1. The van der Waals surface area contributed by atoms with Crippen molar-refractivity contribution < 1.29 is 13.9 Å². The third-order valence-electron chi connectivity index (χ3n) is 2.69. The van der Waals surface area contributed by atoms with Crippen molar-refractivity contribution in [3.63, 3.8) is 0 Å². The van der Waals surface area contributed by atoms with Crippen LogP contribution in [0.25, 0.3) is 0 Å². The Bertz CT molecular complexity index is 307. The molecule has 1 N–H and O–H groups in total. The van der Waals surface area contributed by atoms with Crippen molar-refractivity contribution >= 4 is 0 Å². The van der Waals surface area contributed by atoms with Crippen LogP contribution < -0.4 is 5.32 Å². The van der Waals surface area contributed by atoms with Crippen LogP contribution in [0.2, 0.25) is 0 Å². The van der Waals surface area contributed by atoms with Crippen molar-refractivity contribution in [2.75, 3.05) is 47.6 Å². The largest absolute Gasteiger partial charge is 0.468 e. The van der Waals surface area contributed by atoms with E-state index in [1.165, 1.54) is 5.56 Å². The monoisotopic (exact) mass is 256 g/mol. The molecule has 5 heteroatoms. The first-order valence-corrected chi connectivity index (χ1v) is 6.21. The highest BCUT2D eigenvalue weighted by atomic mass is 16.5. The van der Waals surface area contributed by atoms with Crippen molar-refractivity contribution in [1.29, 1.82) is 0 Å². The van der Waals surface area contributed by atoms with Gasteiger partial charge in [-0.3, -0.25) is 4.90 Å². The smallest absolute Gasteiger partial charge is 0.118 e. The minimum atomic E-state index is 0.716. The van der Waals surface area contributed by atoms with Gasteiger partial charge in [-0.2, -0.15) is 0 Å². The van der Waals surface area contributed by atoms with E-state index in [1.54, 1.807) is 20.5 Å². The number of rotatable bonds is 10. The molecule has 0 aliphatic rings. The molecule has 5 nitrogen and oxygen atoms in total. The normalized spacial score (nSPS) is 11.3. The molecular formula is C13H24N2O3. The van der Waals surface area contributed by atoms with E-state index in [2.05, 4.69) is 16.3 Å². The number of hydrogen-bond acceptors (Lipinski definition) is 5. The van der Waals surface area contributed by atoms with Crippen LogP contribution in [-0.4, -0.2) is 52.5 Å². The summed E-state index contributed by atoms with van der Waals surface area (Å²) in [7, 11) is 5.36. The minimum Gasteiger partial charge on any atom is -0.468 e. The van der Waals surface area contributed by atoms with Crippen LogP contribution in [0, 0.1) is 0 Å². The Labute approximate surface area is 109 Å². The summed E-state index contributed by atoms with van der Waals surface area (Å²) >= 11 is 0. The summed E-state index contributed by atoms with van der Waals surface area (Å²) in [4.78, 5) is 2.26. The third-order valence-corrected chi connectivity index (χ3v) is 2.69. The average molecular weight is 256 g/mol. The number of methoxy groups -OCH3 is 2. The molecule has 0 aromatic carbocycles. The first-order chi connectivity index (χ1) is 8.80. The van der Waals surface area contributed by atoms with Gasteiger partial charge in [0.1, 0.15) is 5.76 Å². The highest BCUT2D eigenvalue weighted by molar-refractivity contribution is 5.12. The lowest BCUT2D eigenvalue weighted by molar-refractivity contribution is 0.106. The van der Waals surface area contributed by atoms with Crippen LogP contribution in [0.1, 0.15) is 11.3 Å². The molecular weight excluding hydrogens is 232 g/mol. The average Bonchev–Trinajstić information content (AvgIpc) is 2.80. The van der Waals surface area contributed by atoms with Crippen molar-refractivity contribution in [3.05, 3.63) is 23.7 Å². The second-order valence-corrected chi connectivity index (χ2v) is 4.21. The second-order valence-electron chi connectivity index (χ2n) is 4.21. The van der Waals surface area contributed by atoms with Crippen molar-refractivity contribution in [3.8, 4) is 0 Å². The predicted octanol–water partition coefficient (Wildman–Crippen LogP) is 1.09. The Morgan fingerprint density at radius 2 is 1.89 bits per heavy atom. The molecule has 0 unspecified atom stereocenters. The van der Waals surface area contributed by atoms with Crippen LogP contribution in [-0.2, 0) is 22.6 Å². The first-order valence-electron chi connectivity index (χ1n) is 6.21. The van der Waals surface area contributed by atoms with Gasteiger partial charge >= 0.3 is 0 Å². The Hall–Kier alpha value is -0.880. The molecule has 104 valence electrons. The number of ether oxygens (including phenoxy) is 2. The van der Waals surface area contributed by atoms with Gasteiger partial charge in [0.15, 0.2) is 0 Å². The Morgan fingerprint density at radius 1 is 1.22 bits per heavy atom. The molecule has 0 aliphatic carbocycles. The van der Waals surface area contributed by atoms with Gasteiger partial charge in [0.05, 0.1) is 26.0 Å². The molecule has 18 heavy (non-hydrogen) atoms. The van der Waals surface area contributed by atoms with Gasteiger partial charge in [0.2, 0.25) is 0 Å². The van der Waals surface area contributed by atoms with Gasteiger partial charge in [0.25, 0.3) is 0 Å². The lowest BCUT2D eigenvalue weighted by Crippen LogP contribution is -2.30. The Morgan fingerprint density at radius 3 is 2.44 bits per heavy atom. The van der Waals surface area contributed by atoms with E-state index >= 15 is 0 Å². The topological polar surface area (TPSA) is 46.9 Å². The molecule has 0 aliphatic heterocycles. The summed E-state index contributed by atoms with van der Waals surface area (Å²) in [6.07, 6.45) is 1.80. The van der Waals surface area contributed by atoms with E-state index in [1.807, 2.05) is 7.05 Å². The van der Waals surface area contributed by atoms with E-state index in [4.69, 9.17) is 13.9 Å². The van der Waals surface area contributed by atoms with Crippen LogP contribution in [0.5, 0.6) is 0 Å². The van der Waals surface area contributed by atoms with Crippen LogP contribution in [0.3, 0.4) is 0 Å². The number of furan rings is 1. The molecule has 1 aromatic heterocycles. The molecule has 0 saturated heterocycles. The third kappa shape index (κ3) is 5.64. The number of nitrogens with one attached hydrogen (secondary N) is 1. The van der Waals surface area contributed by atoms with Crippen molar-refractivity contribution in [2.45, 2.75) is 13.1 Å². The quantitative estimate of drug-likeness (QED) is 0.679. The zero-order chi connectivity index (χ0) is 13.2. The van der Waals surface area contributed by atoms with Gasteiger partial charge in [-0.25, -0.2) is 0 Å². The maximum Gasteiger partial charge on any atom is 0.118 e. The Kier molecular flexibility index (Phi) is 7.68. The van der Waals surface area contributed by atoms with Gasteiger partial charge < -0.3 is 19.2 Å². The van der Waals surface area contributed by atoms with Crippen LogP contribution in [0.15, 0.2) is 16.7 Å². The van der Waals surface area contributed by atoms with Gasteiger partial charge in [0, 0.05) is 39.4 Å². The molecule has 0 amide bonds. The fourth-order valence-corrected chi connectivity index (χ4v) is 1.74. The maximum atomic E-state index is 5.54. The van der Waals surface area contributed by atoms with E-state index < -0.39 is 0 Å². The fraction of sp³-hybridized carbons (Fsp3) is 0.692. The van der Waals surface area contributed by atoms with Crippen molar-refractivity contribution in [2.24, 2.45) is 0 Å². The van der Waals surface area contributed by atoms with Gasteiger partial charge in [-0.05, 0) is 13.1 Å². The van der Waals surface area contributed by atoms with Crippen LogP contribution in [0.4, 0.5) is 0 Å². The Balaban J connectivity index is 2.46. The summed E-state index contributed by atoms with van der Waals surface area (Å²) in [6.45, 7) is 4.81. The lowest BCUT2D eigenvalue weighted by Gasteiger charge is -2.20. The maximum absolute atomic E-state index is 5.54. The van der Waals surface area contributed by atoms with Crippen LogP contribution >= 0.6 is 0 Å². The fourth-order valence-electron chi connectivity index (χ4n) is 1.74. The van der Waals surface area contributed by atoms with Gasteiger partial charge in [-0.1, -0.05) is 0 Å². The first kappa shape index (κ1) is 15.2. The van der Waals surface area contributed by atoms with Crippen molar-refractivity contribution in [1.82, 2.24) is 10.2 Å². The summed E-state index contributed by atoms with van der Waals surface area (Å²) in [5.74, 6) is 0.979. The van der Waals surface area contributed by atoms with E-state index in [9.17, 15) is 0 Å². The molecule has 0 bridgehead atoms. The lowest BCUT2D eigenvalue weighted by atomic mass is 10.3. The second kappa shape index (κ2) is 9.10. The van der Waals surface area contributed by atoms with E-state index in [0.29, 0.717) is 13.2 Å². The zero-order valence-corrected chi connectivity index (χ0v) is 11.6. The highest BCUT2D eigenvalue weighted by Gasteiger charge is 2.09. The summed E-state index contributed by atoms with van der Waals surface area (Å²) in [6, 6.07) is 2.09. The summed E-state index contributed by atoms with van der Waals surface area (Å²) in [5, 5.41) is 3.11. The zero-order valence-electron chi connectivity index (χ0n) is 11.6. The molecule has 1 heterocycles. The molecule has 0 radical (unpaired) electrons. The molecule has 0 atom stereocenters. The molecule has 0 fully saturated rings. The molecule has 0 spiro atoms.